The number of hydrogen-bond donors (Lipinski definition) is 1. The molecule has 2 fully saturated rings. The summed E-state index contributed by atoms with van der Waals surface area (Å²) in [6, 6.07) is 5.37. The van der Waals surface area contributed by atoms with Gasteiger partial charge in [-0.2, -0.15) is 0 Å². The summed E-state index contributed by atoms with van der Waals surface area (Å²) in [4.78, 5) is 29.6. The Bertz CT molecular complexity index is 851. The number of aryl methyl sites for hydroxylation is 1. The molecule has 0 spiro atoms. The van der Waals surface area contributed by atoms with Crippen LogP contribution in [-0.2, 0) is 11.2 Å². The van der Waals surface area contributed by atoms with Crippen molar-refractivity contribution in [2.45, 2.75) is 58.4 Å². The van der Waals surface area contributed by atoms with Crippen LogP contribution >= 0.6 is 0 Å². The summed E-state index contributed by atoms with van der Waals surface area (Å²) in [7, 11) is 1.81. The number of likely N-dealkylation sites (tertiary alicyclic amines) is 1. The Balaban J connectivity index is 0.000000211. The van der Waals surface area contributed by atoms with E-state index in [2.05, 4.69) is 4.98 Å². The Kier molecular flexibility index (Phi) is 6.37. The molecule has 4 rings (SSSR count). The van der Waals surface area contributed by atoms with Gasteiger partial charge in [-0.3, -0.25) is 9.59 Å². The first kappa shape index (κ1) is 20.4. The quantitative estimate of drug-likeness (QED) is 0.861. The topological polar surface area (TPSA) is 56.4 Å². The van der Waals surface area contributed by atoms with E-state index in [-0.39, 0.29) is 17.6 Å². The number of carbonyl (C=O) groups is 2. The Morgan fingerprint density at radius 2 is 1.89 bits per heavy atom. The minimum absolute atomic E-state index is 0.0554. The van der Waals surface area contributed by atoms with Crippen LogP contribution in [0.15, 0.2) is 18.2 Å². The molecule has 1 aromatic carbocycles. The van der Waals surface area contributed by atoms with Crippen LogP contribution in [0.1, 0.15) is 62.0 Å². The van der Waals surface area contributed by atoms with E-state index in [1.807, 2.05) is 18.9 Å². The predicted octanol–water partition coefficient (Wildman–Crippen LogP) is 4.12. The third kappa shape index (κ3) is 4.54. The lowest BCUT2D eigenvalue weighted by Crippen LogP contribution is -2.33. The molecule has 1 aliphatic carbocycles. The number of benzene rings is 1. The number of rotatable bonds is 3. The Hall–Kier alpha value is -2.37. The zero-order valence-corrected chi connectivity index (χ0v) is 17.1. The molecule has 1 saturated carbocycles. The maximum atomic E-state index is 13.8. The van der Waals surface area contributed by atoms with Gasteiger partial charge in [0.25, 0.3) is 5.91 Å². The van der Waals surface area contributed by atoms with Gasteiger partial charge in [0.2, 0.25) is 5.91 Å². The molecular weight excluding hydrogens is 357 g/mol. The number of fused-ring (bicyclic) bond motifs is 1. The molecular formula is C22H30FN3O2. The van der Waals surface area contributed by atoms with E-state index in [0.29, 0.717) is 17.3 Å². The van der Waals surface area contributed by atoms with Crippen molar-refractivity contribution in [3.8, 4) is 0 Å². The zero-order valence-electron chi connectivity index (χ0n) is 17.1. The second-order valence-electron chi connectivity index (χ2n) is 7.75. The highest BCUT2D eigenvalue weighted by Crippen LogP contribution is 2.28. The molecule has 1 aliphatic heterocycles. The largest absolute Gasteiger partial charge is 0.348 e. The van der Waals surface area contributed by atoms with E-state index in [0.717, 1.165) is 43.3 Å². The fourth-order valence-electron chi connectivity index (χ4n) is 3.69. The number of nitrogens with one attached hydrogen (secondary N) is 1. The normalized spacial score (nSPS) is 16.5. The lowest BCUT2D eigenvalue weighted by molar-refractivity contribution is -0.129. The van der Waals surface area contributed by atoms with E-state index in [1.165, 1.54) is 25.3 Å². The first-order valence-electron chi connectivity index (χ1n) is 10.2. The van der Waals surface area contributed by atoms with Gasteiger partial charge < -0.3 is 14.8 Å². The third-order valence-electron chi connectivity index (χ3n) is 5.66. The van der Waals surface area contributed by atoms with E-state index < -0.39 is 0 Å². The minimum atomic E-state index is -0.305. The van der Waals surface area contributed by atoms with Crippen molar-refractivity contribution in [2.24, 2.45) is 0 Å². The molecule has 5 nitrogen and oxygen atoms in total. The van der Waals surface area contributed by atoms with Crippen LogP contribution < -0.4 is 0 Å². The number of carbonyl (C=O) groups excluding carboxylic acids is 2. The molecule has 1 aromatic heterocycles. The summed E-state index contributed by atoms with van der Waals surface area (Å²) in [6.07, 6.45) is 6.64. The van der Waals surface area contributed by atoms with Gasteiger partial charge in [-0.05, 0) is 56.2 Å². The highest BCUT2D eigenvalue weighted by atomic mass is 19.1. The summed E-state index contributed by atoms with van der Waals surface area (Å²) in [6.45, 7) is 5.63. The number of amides is 2. The molecule has 2 amide bonds. The molecule has 0 atom stereocenters. The van der Waals surface area contributed by atoms with Crippen LogP contribution in [0.2, 0.25) is 0 Å². The van der Waals surface area contributed by atoms with Gasteiger partial charge in [0.1, 0.15) is 11.5 Å². The fourth-order valence-corrected chi connectivity index (χ4v) is 3.69. The second-order valence-corrected chi connectivity index (χ2v) is 7.75. The molecule has 0 unspecified atom stereocenters. The lowest BCUT2D eigenvalue weighted by atomic mass is 10.1. The highest BCUT2D eigenvalue weighted by Gasteiger charge is 2.30. The summed E-state index contributed by atoms with van der Waals surface area (Å²) in [5.41, 5.74) is 1.97. The number of nitrogens with zero attached hydrogens (tertiary/aromatic N) is 2. The van der Waals surface area contributed by atoms with E-state index in [1.54, 1.807) is 24.0 Å². The number of aromatic nitrogens is 1. The zero-order chi connectivity index (χ0) is 20.3. The number of hydrogen-bond acceptors (Lipinski definition) is 2. The van der Waals surface area contributed by atoms with Crippen LogP contribution in [0.3, 0.4) is 0 Å². The molecule has 152 valence electrons. The molecule has 0 bridgehead atoms. The smallest absolute Gasteiger partial charge is 0.270 e. The van der Waals surface area contributed by atoms with Crippen LogP contribution in [-0.4, -0.2) is 52.8 Å². The van der Waals surface area contributed by atoms with Crippen molar-refractivity contribution < 1.29 is 14.0 Å². The Labute approximate surface area is 165 Å². The fraction of sp³-hybridized carbons (Fsp3) is 0.545. The summed E-state index contributed by atoms with van der Waals surface area (Å²) in [5, 5.41) is 0.815. The van der Waals surface area contributed by atoms with Crippen molar-refractivity contribution in [1.82, 2.24) is 14.8 Å². The lowest BCUT2D eigenvalue weighted by Gasteiger charge is -2.24. The summed E-state index contributed by atoms with van der Waals surface area (Å²) < 4.78 is 13.8. The third-order valence-corrected chi connectivity index (χ3v) is 5.66. The van der Waals surface area contributed by atoms with E-state index in [4.69, 9.17) is 0 Å². The van der Waals surface area contributed by atoms with E-state index >= 15 is 0 Å². The first-order chi connectivity index (χ1) is 13.4. The summed E-state index contributed by atoms with van der Waals surface area (Å²) in [5.74, 6) is -0.129. The number of piperidine rings is 1. The van der Waals surface area contributed by atoms with Crippen molar-refractivity contribution >= 4 is 22.7 Å². The second kappa shape index (κ2) is 8.76. The van der Waals surface area contributed by atoms with Crippen molar-refractivity contribution in [3.05, 3.63) is 35.3 Å². The molecule has 2 aliphatic rings. The van der Waals surface area contributed by atoms with E-state index in [9.17, 15) is 14.0 Å². The standard InChI is InChI=1S/C15H17FN2O.C7H13NO/c1-3-9-4-7-12(16)14-11(9)8-13(17-14)15(19)18(2)10-5-6-10;1-7(9)8-5-3-2-4-6-8/h4,7-8,10,17H,3,5-6H2,1-2H3;2-6H2,1H3. The highest BCUT2D eigenvalue weighted by molar-refractivity contribution is 5.99. The van der Waals surface area contributed by atoms with Gasteiger partial charge in [0.15, 0.2) is 0 Å². The Morgan fingerprint density at radius 1 is 1.21 bits per heavy atom. The van der Waals surface area contributed by atoms with Gasteiger partial charge in [0.05, 0.1) is 5.52 Å². The molecule has 6 heteroatoms. The van der Waals surface area contributed by atoms with Crippen molar-refractivity contribution in [3.63, 3.8) is 0 Å². The number of aromatic amines is 1. The minimum Gasteiger partial charge on any atom is -0.348 e. The van der Waals surface area contributed by atoms with Crippen LogP contribution in [0.4, 0.5) is 4.39 Å². The van der Waals surface area contributed by atoms with Gasteiger partial charge in [-0.15, -0.1) is 0 Å². The van der Waals surface area contributed by atoms with Gasteiger partial charge >= 0.3 is 0 Å². The maximum absolute atomic E-state index is 13.8. The van der Waals surface area contributed by atoms with Gasteiger partial charge in [-0.25, -0.2) is 4.39 Å². The predicted molar refractivity (Wildman–Crippen MR) is 109 cm³/mol. The average molecular weight is 387 g/mol. The molecule has 0 radical (unpaired) electrons. The van der Waals surface area contributed by atoms with Gasteiger partial charge in [0, 0.05) is 38.5 Å². The van der Waals surface area contributed by atoms with Crippen molar-refractivity contribution in [2.75, 3.05) is 20.1 Å². The molecule has 2 heterocycles. The molecule has 1 N–H and O–H groups in total. The monoisotopic (exact) mass is 387 g/mol. The molecule has 1 saturated heterocycles. The maximum Gasteiger partial charge on any atom is 0.270 e. The van der Waals surface area contributed by atoms with Crippen LogP contribution in [0.5, 0.6) is 0 Å². The van der Waals surface area contributed by atoms with Crippen LogP contribution in [0.25, 0.3) is 10.9 Å². The van der Waals surface area contributed by atoms with Crippen molar-refractivity contribution in [1.29, 1.82) is 0 Å². The summed E-state index contributed by atoms with van der Waals surface area (Å²) >= 11 is 0. The number of halogens is 1. The average Bonchev–Trinajstić information content (AvgIpc) is 3.46. The van der Waals surface area contributed by atoms with Gasteiger partial charge in [-0.1, -0.05) is 13.0 Å². The number of H-pyrrole nitrogens is 1. The molecule has 2 aromatic rings. The SMILES string of the molecule is CC(=O)N1CCCCC1.CCc1ccc(F)c2[nH]c(C(=O)N(C)C3CC3)cc12. The Morgan fingerprint density at radius 3 is 2.43 bits per heavy atom. The molecule has 28 heavy (non-hydrogen) atoms. The first-order valence-corrected chi connectivity index (χ1v) is 10.2. The van der Waals surface area contributed by atoms with Crippen LogP contribution in [0, 0.1) is 5.82 Å².